The van der Waals surface area contributed by atoms with Gasteiger partial charge in [0.05, 0.1) is 12.2 Å². The summed E-state index contributed by atoms with van der Waals surface area (Å²) < 4.78 is 0. The fourth-order valence-electron chi connectivity index (χ4n) is 0.473. The van der Waals surface area contributed by atoms with Crippen LogP contribution in [0.4, 0.5) is 0 Å². The van der Waals surface area contributed by atoms with Crippen molar-refractivity contribution in [2.75, 3.05) is 6.54 Å². The smallest absolute Gasteiger partial charge is 0.0804 e. The van der Waals surface area contributed by atoms with E-state index < -0.39 is 0 Å². The van der Waals surface area contributed by atoms with Crippen molar-refractivity contribution in [2.24, 2.45) is 10.2 Å². The summed E-state index contributed by atoms with van der Waals surface area (Å²) in [5, 5.41) is 7.76. The number of hydrogen-bond acceptors (Lipinski definition) is 2. The first kappa shape index (κ1) is 10.6. The Balaban J connectivity index is 3.57. The van der Waals surface area contributed by atoms with Crippen molar-refractivity contribution in [3.63, 3.8) is 0 Å². The molecule has 0 fully saturated rings. The van der Waals surface area contributed by atoms with Gasteiger partial charge in [-0.1, -0.05) is 13.2 Å². The van der Waals surface area contributed by atoms with Crippen LogP contribution in [0.25, 0.3) is 0 Å². The molecular weight excluding hydrogens is 148 g/mol. The molecule has 0 aromatic rings. The second kappa shape index (κ2) is 6.36. The van der Waals surface area contributed by atoms with Gasteiger partial charge in [0.1, 0.15) is 0 Å². The Labute approximate surface area is 74.1 Å². The van der Waals surface area contributed by atoms with Crippen molar-refractivity contribution in [3.8, 4) is 12.3 Å². The van der Waals surface area contributed by atoms with Gasteiger partial charge in [-0.05, 0) is 18.9 Å². The normalized spacial score (nSPS) is 9.67. The van der Waals surface area contributed by atoms with Crippen molar-refractivity contribution in [3.05, 3.63) is 24.4 Å². The highest BCUT2D eigenvalue weighted by Gasteiger charge is 1.88. The molecule has 0 N–H and O–H groups in total. The van der Waals surface area contributed by atoms with Crippen molar-refractivity contribution in [1.82, 2.24) is 0 Å². The molecule has 0 aliphatic carbocycles. The molecule has 2 heteroatoms. The van der Waals surface area contributed by atoms with Gasteiger partial charge in [-0.25, -0.2) is 0 Å². The van der Waals surface area contributed by atoms with Gasteiger partial charge in [-0.15, -0.1) is 12.3 Å². The molecule has 0 amide bonds. The van der Waals surface area contributed by atoms with Gasteiger partial charge in [0, 0.05) is 6.42 Å². The number of nitrogens with zero attached hydrogens (tertiary/aromatic N) is 2. The highest BCUT2D eigenvalue weighted by Crippen LogP contribution is 2.05. The largest absolute Gasteiger partial charge is 0.189 e. The molecule has 2 nitrogen and oxygen atoms in total. The maximum absolute atomic E-state index is 5.06. The third-order valence-electron chi connectivity index (χ3n) is 1.26. The topological polar surface area (TPSA) is 24.7 Å². The van der Waals surface area contributed by atoms with Gasteiger partial charge in [0.2, 0.25) is 0 Å². The molecule has 0 saturated heterocycles. The van der Waals surface area contributed by atoms with Crippen LogP contribution in [0.2, 0.25) is 0 Å². The van der Waals surface area contributed by atoms with Gasteiger partial charge in [-0.3, -0.25) is 0 Å². The monoisotopic (exact) mass is 162 g/mol. The zero-order valence-corrected chi connectivity index (χ0v) is 7.51. The van der Waals surface area contributed by atoms with Crippen LogP contribution in [-0.4, -0.2) is 6.54 Å². The van der Waals surface area contributed by atoms with Gasteiger partial charge >= 0.3 is 0 Å². The summed E-state index contributed by atoms with van der Waals surface area (Å²) in [6.45, 7) is 9.87. The molecule has 64 valence electrons. The molecule has 0 aromatic heterocycles. The van der Waals surface area contributed by atoms with E-state index in [1.54, 1.807) is 0 Å². The van der Waals surface area contributed by atoms with Crippen molar-refractivity contribution < 1.29 is 0 Å². The zero-order valence-electron chi connectivity index (χ0n) is 7.51. The first-order valence-corrected chi connectivity index (χ1v) is 3.84. The molecule has 0 spiro atoms. The van der Waals surface area contributed by atoms with Crippen LogP contribution in [0.1, 0.15) is 19.8 Å². The van der Waals surface area contributed by atoms with E-state index in [2.05, 4.69) is 29.3 Å². The van der Waals surface area contributed by atoms with Crippen LogP contribution in [0.5, 0.6) is 0 Å². The molecule has 0 aromatic carbocycles. The van der Waals surface area contributed by atoms with Crippen molar-refractivity contribution in [1.29, 1.82) is 0 Å². The summed E-state index contributed by atoms with van der Waals surface area (Å²) in [6, 6.07) is 0. The van der Waals surface area contributed by atoms with E-state index in [-0.39, 0.29) is 0 Å². The first-order chi connectivity index (χ1) is 5.68. The lowest BCUT2D eigenvalue weighted by molar-refractivity contribution is 0.822. The third-order valence-corrected chi connectivity index (χ3v) is 1.26. The van der Waals surface area contributed by atoms with Crippen LogP contribution in [0.3, 0.4) is 0 Å². The number of terminal acetylenes is 1. The molecule has 0 aliphatic rings. The summed E-state index contributed by atoms with van der Waals surface area (Å²) in [5.74, 6) is 2.54. The molecule has 0 heterocycles. The van der Waals surface area contributed by atoms with Crippen LogP contribution in [0.15, 0.2) is 34.7 Å². The Morgan fingerprint density at radius 1 is 1.50 bits per heavy atom. The Bertz CT molecular complexity index is 231. The van der Waals surface area contributed by atoms with E-state index in [0.29, 0.717) is 12.2 Å². The predicted octanol–water partition coefficient (Wildman–Crippen LogP) is 2.94. The fraction of sp³-hybridized carbons (Fsp3) is 0.400. The van der Waals surface area contributed by atoms with E-state index >= 15 is 0 Å². The van der Waals surface area contributed by atoms with E-state index in [0.717, 1.165) is 18.4 Å². The molecule has 0 radical (unpaired) electrons. The summed E-state index contributed by atoms with van der Waals surface area (Å²) >= 11 is 0. The second-order valence-electron chi connectivity index (χ2n) is 2.50. The molecule has 0 bridgehead atoms. The van der Waals surface area contributed by atoms with Gasteiger partial charge in [0.25, 0.3) is 0 Å². The molecule has 0 aliphatic heterocycles. The average Bonchev–Trinajstić information content (AvgIpc) is 2.03. The maximum atomic E-state index is 5.06. The van der Waals surface area contributed by atoms with Crippen LogP contribution < -0.4 is 0 Å². The summed E-state index contributed by atoms with van der Waals surface area (Å²) in [4.78, 5) is 0. The van der Waals surface area contributed by atoms with Crippen LogP contribution >= 0.6 is 0 Å². The summed E-state index contributed by atoms with van der Waals surface area (Å²) in [6.07, 6.45) is 6.69. The average molecular weight is 162 g/mol. The van der Waals surface area contributed by atoms with E-state index in [1.165, 1.54) is 0 Å². The standard InChI is InChI=1S/C10H14N2/c1-5-6-7-8-11-12-10(4)9(2)3/h1H,2,4,6-8H2,3H3. The van der Waals surface area contributed by atoms with Crippen LogP contribution in [-0.2, 0) is 0 Å². The third kappa shape index (κ3) is 5.43. The van der Waals surface area contributed by atoms with Gasteiger partial charge < -0.3 is 0 Å². The van der Waals surface area contributed by atoms with Crippen LogP contribution in [0, 0.1) is 12.3 Å². The SMILES string of the molecule is C#CCCCN=NC(=C)C(=C)C. The van der Waals surface area contributed by atoms with Crippen molar-refractivity contribution in [2.45, 2.75) is 19.8 Å². The summed E-state index contributed by atoms with van der Waals surface area (Å²) in [7, 11) is 0. The fourth-order valence-corrected chi connectivity index (χ4v) is 0.473. The minimum atomic E-state index is 0.635. The minimum absolute atomic E-state index is 0.635. The molecule has 12 heavy (non-hydrogen) atoms. The second-order valence-corrected chi connectivity index (χ2v) is 2.50. The molecular formula is C10H14N2. The first-order valence-electron chi connectivity index (χ1n) is 3.84. The van der Waals surface area contributed by atoms with E-state index in [4.69, 9.17) is 6.42 Å². The van der Waals surface area contributed by atoms with E-state index in [9.17, 15) is 0 Å². The number of azo groups is 1. The lowest BCUT2D eigenvalue weighted by atomic mass is 10.3. The molecule has 0 atom stereocenters. The van der Waals surface area contributed by atoms with Gasteiger partial charge in [-0.2, -0.15) is 10.2 Å². The number of hydrogen-bond donors (Lipinski definition) is 0. The Kier molecular flexibility index (Phi) is 5.64. The zero-order chi connectivity index (χ0) is 9.40. The lowest BCUT2D eigenvalue weighted by Crippen LogP contribution is -1.79. The summed E-state index contributed by atoms with van der Waals surface area (Å²) in [5.41, 5.74) is 1.48. The number of allylic oxidation sites excluding steroid dienone is 1. The molecule has 0 saturated carbocycles. The highest BCUT2D eigenvalue weighted by atomic mass is 15.1. The van der Waals surface area contributed by atoms with Crippen molar-refractivity contribution >= 4 is 0 Å². The Morgan fingerprint density at radius 3 is 2.67 bits per heavy atom. The minimum Gasteiger partial charge on any atom is -0.189 e. The Hall–Kier alpha value is -1.36. The number of rotatable bonds is 5. The van der Waals surface area contributed by atoms with E-state index in [1.807, 2.05) is 6.92 Å². The van der Waals surface area contributed by atoms with Gasteiger partial charge in [0.15, 0.2) is 0 Å². The molecule has 0 unspecified atom stereocenters. The lowest BCUT2D eigenvalue weighted by Gasteiger charge is -1.93. The highest BCUT2D eigenvalue weighted by molar-refractivity contribution is 5.20. The predicted molar refractivity (Wildman–Crippen MR) is 51.7 cm³/mol. The maximum Gasteiger partial charge on any atom is 0.0804 e. The Morgan fingerprint density at radius 2 is 2.17 bits per heavy atom. The molecule has 0 rings (SSSR count). The number of unbranched alkanes of at least 4 members (excludes halogenated alkanes) is 1. The quantitative estimate of drug-likeness (QED) is 0.257.